The molecular formula is C5H5Cl3Mo. The number of allylic oxidation sites excluding steroid dienone is 4. The molecular weight excluding hydrogens is 262 g/mol. The van der Waals surface area contributed by atoms with Crippen molar-refractivity contribution < 1.29 is 12.9 Å². The van der Waals surface area contributed by atoms with Crippen molar-refractivity contribution in [3.8, 4) is 0 Å². The van der Waals surface area contributed by atoms with Gasteiger partial charge in [-0.15, -0.1) is 0 Å². The minimum atomic E-state index is -2.99. The summed E-state index contributed by atoms with van der Waals surface area (Å²) in [5.74, 6) is 0. The van der Waals surface area contributed by atoms with Gasteiger partial charge in [-0.2, -0.15) is 0 Å². The summed E-state index contributed by atoms with van der Waals surface area (Å²) in [6, 6.07) is 0. The molecule has 1 aliphatic carbocycles. The van der Waals surface area contributed by atoms with E-state index in [0.29, 0.717) is 0 Å². The first-order chi connectivity index (χ1) is 4.11. The zero-order valence-corrected chi connectivity index (χ0v) is 8.76. The van der Waals surface area contributed by atoms with Gasteiger partial charge in [0.2, 0.25) is 0 Å². The second-order valence-electron chi connectivity index (χ2n) is 1.67. The van der Waals surface area contributed by atoms with E-state index in [1.165, 1.54) is 0 Å². The first-order valence-electron chi connectivity index (χ1n) is 2.38. The first-order valence-corrected chi connectivity index (χ1v) is 11.1. The van der Waals surface area contributed by atoms with Crippen LogP contribution in [-0.4, -0.2) is 0 Å². The quantitative estimate of drug-likeness (QED) is 0.638. The number of halogens is 3. The van der Waals surface area contributed by atoms with Gasteiger partial charge in [0.25, 0.3) is 0 Å². The van der Waals surface area contributed by atoms with Crippen molar-refractivity contribution in [2.45, 2.75) is 6.42 Å². The predicted molar refractivity (Wildman–Crippen MR) is 39.4 cm³/mol. The number of hydrogen-bond acceptors (Lipinski definition) is 0. The Morgan fingerprint density at radius 1 is 1.33 bits per heavy atom. The Morgan fingerprint density at radius 3 is 2.22 bits per heavy atom. The monoisotopic (exact) mass is 268 g/mol. The van der Waals surface area contributed by atoms with Crippen molar-refractivity contribution in [1.29, 1.82) is 0 Å². The fourth-order valence-corrected chi connectivity index (χ4v) is 3.90. The van der Waals surface area contributed by atoms with E-state index >= 15 is 0 Å². The molecule has 0 bridgehead atoms. The Bertz CT molecular complexity index is 166. The predicted octanol–water partition coefficient (Wildman–Crippen LogP) is 3.45. The van der Waals surface area contributed by atoms with Crippen LogP contribution in [0.5, 0.6) is 0 Å². The zero-order chi connectivity index (χ0) is 6.91. The van der Waals surface area contributed by atoms with E-state index in [4.69, 9.17) is 28.3 Å². The maximum atomic E-state index is 5.75. The van der Waals surface area contributed by atoms with Crippen LogP contribution in [0.25, 0.3) is 0 Å². The van der Waals surface area contributed by atoms with Crippen molar-refractivity contribution in [1.82, 2.24) is 0 Å². The fraction of sp³-hybridized carbons (Fsp3) is 0.200. The van der Waals surface area contributed by atoms with Crippen LogP contribution in [0.15, 0.2) is 22.2 Å². The molecule has 0 aromatic heterocycles. The van der Waals surface area contributed by atoms with Crippen molar-refractivity contribution in [2.24, 2.45) is 0 Å². The van der Waals surface area contributed by atoms with Crippen LogP contribution in [0.3, 0.4) is 0 Å². The Labute approximate surface area is 69.5 Å². The SMILES string of the molecule is [Cl][Mo]([Cl])([Cl])[C]1=CC=CC1. The molecule has 0 aliphatic heterocycles. The van der Waals surface area contributed by atoms with Crippen LogP contribution in [0.4, 0.5) is 0 Å². The molecule has 0 heterocycles. The van der Waals surface area contributed by atoms with Gasteiger partial charge < -0.3 is 0 Å². The van der Waals surface area contributed by atoms with Crippen LogP contribution in [-0.2, 0) is 12.9 Å². The van der Waals surface area contributed by atoms with E-state index in [9.17, 15) is 0 Å². The van der Waals surface area contributed by atoms with Crippen LogP contribution >= 0.6 is 28.3 Å². The molecule has 1 rings (SSSR count). The maximum absolute atomic E-state index is 5.75. The third-order valence-corrected chi connectivity index (χ3v) is 6.76. The molecule has 0 aromatic carbocycles. The van der Waals surface area contributed by atoms with Gasteiger partial charge in [0.1, 0.15) is 0 Å². The molecule has 0 fully saturated rings. The fourth-order valence-electron chi connectivity index (χ4n) is 0.599. The van der Waals surface area contributed by atoms with Crippen molar-refractivity contribution in [2.75, 3.05) is 0 Å². The third kappa shape index (κ3) is 2.27. The molecule has 0 unspecified atom stereocenters. The molecule has 0 saturated heterocycles. The van der Waals surface area contributed by atoms with E-state index in [-0.39, 0.29) is 0 Å². The second kappa shape index (κ2) is 2.96. The third-order valence-electron chi connectivity index (χ3n) is 1.03. The summed E-state index contributed by atoms with van der Waals surface area (Å²) >= 11 is -2.99. The summed E-state index contributed by atoms with van der Waals surface area (Å²) in [6.45, 7) is 0. The molecule has 4 heteroatoms. The summed E-state index contributed by atoms with van der Waals surface area (Å²) in [5.41, 5.74) is 0. The molecule has 0 spiro atoms. The molecule has 0 radical (unpaired) electrons. The minimum absolute atomic E-state index is 0.845. The van der Waals surface area contributed by atoms with Crippen LogP contribution < -0.4 is 0 Å². The Kier molecular flexibility index (Phi) is 2.68. The average Bonchev–Trinajstić information content (AvgIpc) is 2.08. The summed E-state index contributed by atoms with van der Waals surface area (Å²) in [4.78, 5) is 0. The molecule has 0 aromatic rings. The summed E-state index contributed by atoms with van der Waals surface area (Å²) < 4.78 is 1.03. The number of hydrogen-bond donors (Lipinski definition) is 0. The van der Waals surface area contributed by atoms with Crippen molar-refractivity contribution in [3.63, 3.8) is 0 Å². The molecule has 0 saturated carbocycles. The van der Waals surface area contributed by atoms with Gasteiger partial charge in [-0.05, 0) is 0 Å². The normalized spacial score (nSPS) is 20.1. The summed E-state index contributed by atoms with van der Waals surface area (Å²) in [7, 11) is 17.3. The second-order valence-corrected chi connectivity index (χ2v) is 16.0. The molecule has 0 atom stereocenters. The molecule has 52 valence electrons. The zero-order valence-electron chi connectivity index (χ0n) is 4.48. The van der Waals surface area contributed by atoms with E-state index in [1.54, 1.807) is 0 Å². The van der Waals surface area contributed by atoms with Gasteiger partial charge in [-0.25, -0.2) is 0 Å². The van der Waals surface area contributed by atoms with Gasteiger partial charge in [-0.3, -0.25) is 0 Å². The summed E-state index contributed by atoms with van der Waals surface area (Å²) in [6.07, 6.45) is 6.69. The first kappa shape index (κ1) is 8.14. The molecule has 9 heavy (non-hydrogen) atoms. The van der Waals surface area contributed by atoms with Crippen molar-refractivity contribution in [3.05, 3.63) is 22.2 Å². The van der Waals surface area contributed by atoms with Gasteiger partial charge in [-0.1, -0.05) is 0 Å². The van der Waals surface area contributed by atoms with Crippen LogP contribution in [0.1, 0.15) is 6.42 Å². The molecule has 1 aliphatic rings. The average molecular weight is 267 g/mol. The van der Waals surface area contributed by atoms with E-state index in [2.05, 4.69) is 0 Å². The van der Waals surface area contributed by atoms with Gasteiger partial charge >= 0.3 is 69.8 Å². The molecule has 0 nitrogen and oxygen atoms in total. The van der Waals surface area contributed by atoms with Gasteiger partial charge in [0.05, 0.1) is 0 Å². The van der Waals surface area contributed by atoms with E-state index in [0.717, 1.165) is 10.4 Å². The Hall–Kier alpha value is 1.04. The van der Waals surface area contributed by atoms with Gasteiger partial charge in [0.15, 0.2) is 0 Å². The standard InChI is InChI=1S/C5H5.3ClH.Mo/c1-2-4-5-3-1;;;;/h1-3H,4H2;3*1H;/q;;;;+3/p-3. The Morgan fingerprint density at radius 2 is 2.00 bits per heavy atom. The van der Waals surface area contributed by atoms with Crippen LogP contribution in [0.2, 0.25) is 0 Å². The van der Waals surface area contributed by atoms with E-state index < -0.39 is 12.9 Å². The van der Waals surface area contributed by atoms with Gasteiger partial charge in [0, 0.05) is 0 Å². The number of rotatable bonds is 1. The topological polar surface area (TPSA) is 0 Å². The molecule has 0 amide bonds. The molecule has 0 N–H and O–H groups in total. The summed E-state index contributed by atoms with van der Waals surface area (Å²) in [5, 5.41) is 0. The van der Waals surface area contributed by atoms with E-state index in [1.807, 2.05) is 18.2 Å². The van der Waals surface area contributed by atoms with Crippen molar-refractivity contribution >= 4 is 28.3 Å². The Balaban J connectivity index is 2.66. The van der Waals surface area contributed by atoms with Crippen LogP contribution in [0, 0.1) is 0 Å².